The minimum atomic E-state index is -3.50. The van der Waals surface area contributed by atoms with Crippen molar-refractivity contribution in [2.45, 2.75) is 57.8 Å². The van der Waals surface area contributed by atoms with Crippen LogP contribution in [0.3, 0.4) is 0 Å². The summed E-state index contributed by atoms with van der Waals surface area (Å²) in [4.78, 5) is 11.6. The van der Waals surface area contributed by atoms with Gasteiger partial charge in [-0.1, -0.05) is 0 Å². The van der Waals surface area contributed by atoms with E-state index in [1.54, 1.807) is 20.8 Å². The van der Waals surface area contributed by atoms with Gasteiger partial charge in [-0.2, -0.15) is 8.42 Å². The molecule has 0 aliphatic heterocycles. The molecule has 6 nitrogen and oxygen atoms in total. The molecule has 1 N–H and O–H groups in total. The number of ether oxygens (including phenoxy) is 1. The second kappa shape index (κ2) is 5.44. The molecule has 0 radical (unpaired) electrons. The van der Waals surface area contributed by atoms with Gasteiger partial charge in [0.15, 0.2) is 0 Å². The number of alkyl carbamates (subject to hydrolysis) is 1. The Morgan fingerprint density at radius 2 is 1.89 bits per heavy atom. The fourth-order valence-corrected chi connectivity index (χ4v) is 2.57. The van der Waals surface area contributed by atoms with Crippen molar-refractivity contribution < 1.29 is 22.1 Å². The van der Waals surface area contributed by atoms with Crippen LogP contribution in [0.2, 0.25) is 0 Å². The quantitative estimate of drug-likeness (QED) is 0.790. The van der Waals surface area contributed by atoms with E-state index in [9.17, 15) is 13.2 Å². The summed E-state index contributed by atoms with van der Waals surface area (Å²) in [6.07, 6.45) is 2.10. The van der Waals surface area contributed by atoms with Crippen LogP contribution in [-0.2, 0) is 19.0 Å². The Morgan fingerprint density at radius 1 is 1.28 bits per heavy atom. The van der Waals surface area contributed by atoms with E-state index in [1.165, 1.54) is 0 Å². The number of amides is 1. The van der Waals surface area contributed by atoms with Crippen molar-refractivity contribution >= 4 is 16.2 Å². The lowest BCUT2D eigenvalue weighted by Gasteiger charge is -2.24. The summed E-state index contributed by atoms with van der Waals surface area (Å²) in [6, 6.07) is -0.311. The summed E-state index contributed by atoms with van der Waals surface area (Å²) < 4.78 is 32.2. The van der Waals surface area contributed by atoms with Gasteiger partial charge in [-0.05, 0) is 40.0 Å². The average molecular weight is 279 g/mol. The highest BCUT2D eigenvalue weighted by Gasteiger charge is 2.33. The van der Waals surface area contributed by atoms with Gasteiger partial charge in [0.2, 0.25) is 0 Å². The van der Waals surface area contributed by atoms with E-state index in [1.807, 2.05) is 0 Å². The maximum absolute atomic E-state index is 11.6. The van der Waals surface area contributed by atoms with Gasteiger partial charge in [-0.15, -0.1) is 0 Å². The molecular weight excluding hydrogens is 258 g/mol. The van der Waals surface area contributed by atoms with E-state index >= 15 is 0 Å². The molecule has 1 saturated carbocycles. The molecule has 1 aliphatic rings. The summed E-state index contributed by atoms with van der Waals surface area (Å²) in [6.45, 7) is 5.31. The highest BCUT2D eigenvalue weighted by Crippen LogP contribution is 2.23. The lowest BCUT2D eigenvalue weighted by Crippen LogP contribution is -2.44. The topological polar surface area (TPSA) is 81.7 Å². The molecule has 7 heteroatoms. The largest absolute Gasteiger partial charge is 0.444 e. The molecular formula is C11H21NO5S. The van der Waals surface area contributed by atoms with Gasteiger partial charge in [-0.3, -0.25) is 4.18 Å². The van der Waals surface area contributed by atoms with E-state index in [-0.39, 0.29) is 6.04 Å². The van der Waals surface area contributed by atoms with E-state index in [2.05, 4.69) is 5.32 Å². The van der Waals surface area contributed by atoms with E-state index in [0.29, 0.717) is 12.8 Å². The Balaban J connectivity index is 2.53. The molecule has 0 aromatic rings. The molecule has 1 aliphatic carbocycles. The third-order valence-electron chi connectivity index (χ3n) is 2.45. The zero-order valence-corrected chi connectivity index (χ0v) is 12.0. The Bertz CT molecular complexity index is 398. The maximum Gasteiger partial charge on any atom is 0.407 e. The van der Waals surface area contributed by atoms with Crippen LogP contribution in [0.4, 0.5) is 4.79 Å². The first kappa shape index (κ1) is 15.2. The van der Waals surface area contributed by atoms with E-state index < -0.39 is 27.9 Å². The standard InChI is InChI=1S/C11H21NO5S/c1-11(2,3)16-10(13)12-8-6-5-7-9(8)17-18(4,14)15/h8-9H,5-7H2,1-4H3,(H,12,13)/t8-,9+/m1/s1. The van der Waals surface area contributed by atoms with E-state index in [0.717, 1.165) is 12.7 Å². The third kappa shape index (κ3) is 5.68. The molecule has 106 valence electrons. The minimum absolute atomic E-state index is 0.311. The normalized spacial score (nSPS) is 24.9. The monoisotopic (exact) mass is 279 g/mol. The predicted octanol–water partition coefficient (Wildman–Crippen LogP) is 1.41. The molecule has 1 rings (SSSR count). The van der Waals surface area contributed by atoms with Crippen LogP contribution in [-0.4, -0.2) is 38.5 Å². The highest BCUT2D eigenvalue weighted by molar-refractivity contribution is 7.86. The third-order valence-corrected chi connectivity index (χ3v) is 3.05. The molecule has 2 atom stereocenters. The van der Waals surface area contributed by atoms with Gasteiger partial charge in [0.25, 0.3) is 10.1 Å². The molecule has 0 unspecified atom stereocenters. The first-order valence-corrected chi connectivity index (χ1v) is 7.76. The smallest absolute Gasteiger partial charge is 0.407 e. The maximum atomic E-state index is 11.6. The lowest BCUT2D eigenvalue weighted by molar-refractivity contribution is 0.0466. The highest BCUT2D eigenvalue weighted by atomic mass is 32.2. The second-order valence-electron chi connectivity index (χ2n) is 5.52. The van der Waals surface area contributed by atoms with Gasteiger partial charge in [-0.25, -0.2) is 4.79 Å². The molecule has 0 aromatic heterocycles. The van der Waals surface area contributed by atoms with Crippen LogP contribution in [0, 0.1) is 0 Å². The van der Waals surface area contributed by atoms with Crippen molar-refractivity contribution in [1.29, 1.82) is 0 Å². The number of nitrogens with one attached hydrogen (secondary N) is 1. The summed E-state index contributed by atoms with van der Waals surface area (Å²) in [5.74, 6) is 0. The molecule has 0 aromatic carbocycles. The zero-order valence-electron chi connectivity index (χ0n) is 11.2. The first-order valence-electron chi connectivity index (χ1n) is 5.94. The number of carbonyl (C=O) groups excluding carboxylic acids is 1. The van der Waals surface area contributed by atoms with Crippen LogP contribution in [0.15, 0.2) is 0 Å². The molecule has 0 heterocycles. The van der Waals surface area contributed by atoms with Crippen LogP contribution < -0.4 is 5.32 Å². The van der Waals surface area contributed by atoms with Crippen LogP contribution in [0.25, 0.3) is 0 Å². The molecule has 1 fully saturated rings. The first-order chi connectivity index (χ1) is 8.07. The predicted molar refractivity (Wildman–Crippen MR) is 66.7 cm³/mol. The second-order valence-corrected chi connectivity index (χ2v) is 7.12. The van der Waals surface area contributed by atoms with Gasteiger partial charge in [0.1, 0.15) is 5.60 Å². The number of carbonyl (C=O) groups is 1. The number of hydrogen-bond donors (Lipinski definition) is 1. The van der Waals surface area contributed by atoms with Crippen molar-refractivity contribution in [1.82, 2.24) is 5.32 Å². The summed E-state index contributed by atoms with van der Waals surface area (Å²) >= 11 is 0. The molecule has 0 spiro atoms. The lowest BCUT2D eigenvalue weighted by atomic mass is 10.2. The summed E-state index contributed by atoms with van der Waals surface area (Å²) in [5, 5.41) is 2.66. The van der Waals surface area contributed by atoms with Crippen molar-refractivity contribution in [3.8, 4) is 0 Å². The van der Waals surface area contributed by atoms with Gasteiger partial charge < -0.3 is 10.1 Å². The Kier molecular flexibility index (Phi) is 4.61. The van der Waals surface area contributed by atoms with Crippen LogP contribution >= 0.6 is 0 Å². The Hall–Kier alpha value is -0.820. The molecule has 1 amide bonds. The van der Waals surface area contributed by atoms with Crippen molar-refractivity contribution in [3.05, 3.63) is 0 Å². The number of hydrogen-bond acceptors (Lipinski definition) is 5. The SMILES string of the molecule is CC(C)(C)OC(=O)N[C@@H]1CCC[C@@H]1OS(C)(=O)=O. The van der Waals surface area contributed by atoms with Crippen molar-refractivity contribution in [2.75, 3.05) is 6.26 Å². The van der Waals surface area contributed by atoms with E-state index in [4.69, 9.17) is 8.92 Å². The zero-order chi connectivity index (χ0) is 14.0. The molecule has 0 saturated heterocycles. The number of rotatable bonds is 3. The Morgan fingerprint density at radius 3 is 2.39 bits per heavy atom. The van der Waals surface area contributed by atoms with Crippen molar-refractivity contribution in [3.63, 3.8) is 0 Å². The average Bonchev–Trinajstić information content (AvgIpc) is 2.45. The molecule has 0 bridgehead atoms. The summed E-state index contributed by atoms with van der Waals surface area (Å²) in [7, 11) is -3.50. The fourth-order valence-electron chi connectivity index (χ4n) is 1.89. The van der Waals surface area contributed by atoms with Crippen LogP contribution in [0.1, 0.15) is 40.0 Å². The van der Waals surface area contributed by atoms with Gasteiger partial charge in [0, 0.05) is 0 Å². The van der Waals surface area contributed by atoms with Crippen molar-refractivity contribution in [2.24, 2.45) is 0 Å². The van der Waals surface area contributed by atoms with Gasteiger partial charge in [0.05, 0.1) is 18.4 Å². The fraction of sp³-hybridized carbons (Fsp3) is 0.909. The Labute approximate surface area is 108 Å². The van der Waals surface area contributed by atoms with Crippen LogP contribution in [0.5, 0.6) is 0 Å². The molecule has 18 heavy (non-hydrogen) atoms. The minimum Gasteiger partial charge on any atom is -0.444 e. The summed E-state index contributed by atoms with van der Waals surface area (Å²) in [5.41, 5.74) is -0.574. The van der Waals surface area contributed by atoms with Gasteiger partial charge >= 0.3 is 6.09 Å².